The van der Waals surface area contributed by atoms with Crippen molar-refractivity contribution in [3.63, 3.8) is 0 Å². The SMILES string of the molecule is CS(=O)(=O)NC[C@@H](O)[C@@H](O)[C@@H]1O[C@@](OCCCn2cc(-c3ccc(-c4ccccc4)cc3)nn2)(C(=O)O)C[C@H](O)[C@H]1NC(=O)CF. The second kappa shape index (κ2) is 15.2. The molecule has 250 valence electrons. The highest BCUT2D eigenvalue weighted by Gasteiger charge is 2.55. The number of carbonyl (C=O) groups is 2. The highest BCUT2D eigenvalue weighted by molar-refractivity contribution is 7.88. The summed E-state index contributed by atoms with van der Waals surface area (Å²) >= 11 is 0. The lowest BCUT2D eigenvalue weighted by molar-refractivity contribution is -0.310. The van der Waals surface area contributed by atoms with E-state index < -0.39 is 77.8 Å². The van der Waals surface area contributed by atoms with Crippen molar-refractivity contribution in [3.05, 3.63) is 60.8 Å². The zero-order chi connectivity index (χ0) is 33.5. The molecule has 15 nitrogen and oxygen atoms in total. The number of sulfonamides is 1. The number of rotatable bonds is 15. The van der Waals surface area contributed by atoms with E-state index in [2.05, 4.69) is 15.6 Å². The lowest BCUT2D eigenvalue weighted by Crippen LogP contribution is -2.68. The van der Waals surface area contributed by atoms with Crippen LogP contribution in [0.4, 0.5) is 4.39 Å². The summed E-state index contributed by atoms with van der Waals surface area (Å²) in [6.07, 6.45) is -5.51. The third-order valence-electron chi connectivity index (χ3n) is 7.33. The molecule has 0 spiro atoms. The molecular formula is C29H36FN5O10S. The fourth-order valence-electron chi connectivity index (χ4n) is 4.98. The summed E-state index contributed by atoms with van der Waals surface area (Å²) in [5.41, 5.74) is 3.57. The number of benzene rings is 2. The highest BCUT2D eigenvalue weighted by atomic mass is 32.2. The summed E-state index contributed by atoms with van der Waals surface area (Å²) < 4.78 is 50.5. The lowest BCUT2D eigenvalue weighted by Gasteiger charge is -2.46. The van der Waals surface area contributed by atoms with Gasteiger partial charge in [-0.2, -0.15) is 0 Å². The monoisotopic (exact) mass is 665 g/mol. The number of alkyl halides is 1. The molecule has 1 aliphatic heterocycles. The quantitative estimate of drug-likeness (QED) is 0.115. The highest BCUT2D eigenvalue weighted by Crippen LogP contribution is 2.34. The summed E-state index contributed by atoms with van der Waals surface area (Å²) in [5.74, 6) is -5.42. The van der Waals surface area contributed by atoms with E-state index in [4.69, 9.17) is 9.47 Å². The van der Waals surface area contributed by atoms with Crippen LogP contribution in [0.25, 0.3) is 22.4 Å². The maximum atomic E-state index is 13.0. The van der Waals surface area contributed by atoms with Gasteiger partial charge in [0.1, 0.15) is 17.9 Å². The summed E-state index contributed by atoms with van der Waals surface area (Å²) in [5, 5.41) is 52.4. The van der Waals surface area contributed by atoms with Crippen molar-refractivity contribution < 1.29 is 52.3 Å². The minimum atomic E-state index is -3.79. The lowest BCUT2D eigenvalue weighted by atomic mass is 9.88. The number of hydrogen-bond acceptors (Lipinski definition) is 11. The van der Waals surface area contributed by atoms with Gasteiger partial charge in [0.15, 0.2) is 6.67 Å². The Morgan fingerprint density at radius 1 is 1.13 bits per heavy atom. The van der Waals surface area contributed by atoms with E-state index in [0.29, 0.717) is 5.69 Å². The molecule has 6 N–H and O–H groups in total. The zero-order valence-electron chi connectivity index (χ0n) is 24.8. The van der Waals surface area contributed by atoms with Crippen molar-refractivity contribution in [3.8, 4) is 22.4 Å². The van der Waals surface area contributed by atoms with Gasteiger partial charge in [0, 0.05) is 25.1 Å². The normalized spacial score (nSPS) is 23.0. The first-order chi connectivity index (χ1) is 21.8. The number of halogens is 1. The number of aliphatic carboxylic acids is 1. The molecule has 46 heavy (non-hydrogen) atoms. The van der Waals surface area contributed by atoms with Crippen molar-refractivity contribution >= 4 is 21.9 Å². The molecule has 1 fully saturated rings. The van der Waals surface area contributed by atoms with Gasteiger partial charge in [-0.3, -0.25) is 9.48 Å². The number of ether oxygens (including phenoxy) is 2. The van der Waals surface area contributed by atoms with E-state index in [1.54, 1.807) is 6.20 Å². The number of aryl methyl sites for hydroxylation is 1. The van der Waals surface area contributed by atoms with Gasteiger partial charge in [-0.1, -0.05) is 59.8 Å². The number of nitrogens with one attached hydrogen (secondary N) is 2. The number of aliphatic hydroxyl groups is 3. The fourth-order valence-corrected chi connectivity index (χ4v) is 5.46. The van der Waals surface area contributed by atoms with Crippen LogP contribution in [0.1, 0.15) is 12.8 Å². The molecule has 1 amide bonds. The second-order valence-corrected chi connectivity index (χ2v) is 12.7. The third-order valence-corrected chi connectivity index (χ3v) is 8.02. The molecule has 1 aromatic heterocycles. The predicted molar refractivity (Wildman–Crippen MR) is 160 cm³/mol. The Morgan fingerprint density at radius 2 is 1.78 bits per heavy atom. The van der Waals surface area contributed by atoms with Crippen molar-refractivity contribution in [1.29, 1.82) is 0 Å². The van der Waals surface area contributed by atoms with Crippen LogP contribution in [0.5, 0.6) is 0 Å². The molecule has 3 aromatic rings. The van der Waals surface area contributed by atoms with Gasteiger partial charge in [-0.15, -0.1) is 5.10 Å². The summed E-state index contributed by atoms with van der Waals surface area (Å²) in [4.78, 5) is 24.1. The minimum absolute atomic E-state index is 0.209. The second-order valence-electron chi connectivity index (χ2n) is 10.8. The van der Waals surface area contributed by atoms with Crippen molar-refractivity contribution in [2.45, 2.75) is 55.6 Å². The molecule has 0 bridgehead atoms. The van der Waals surface area contributed by atoms with Crippen LogP contribution in [0.3, 0.4) is 0 Å². The molecular weight excluding hydrogens is 629 g/mol. The molecule has 0 aliphatic carbocycles. The van der Waals surface area contributed by atoms with Crippen molar-refractivity contribution in [2.24, 2.45) is 0 Å². The largest absolute Gasteiger partial charge is 0.477 e. The fraction of sp³-hybridized carbons (Fsp3) is 0.448. The van der Waals surface area contributed by atoms with Gasteiger partial charge in [-0.05, 0) is 17.5 Å². The number of nitrogens with zero attached hydrogens (tertiary/aromatic N) is 3. The molecule has 1 aliphatic rings. The van der Waals surface area contributed by atoms with E-state index in [1.807, 2.05) is 59.3 Å². The molecule has 2 heterocycles. The van der Waals surface area contributed by atoms with Crippen molar-refractivity contribution in [1.82, 2.24) is 25.0 Å². The van der Waals surface area contributed by atoms with E-state index in [1.165, 1.54) is 4.68 Å². The van der Waals surface area contributed by atoms with E-state index in [9.17, 15) is 42.8 Å². The van der Waals surface area contributed by atoms with E-state index >= 15 is 0 Å². The maximum absolute atomic E-state index is 13.0. The van der Waals surface area contributed by atoms with Gasteiger partial charge in [-0.25, -0.2) is 22.3 Å². The first-order valence-corrected chi connectivity index (χ1v) is 16.2. The van der Waals surface area contributed by atoms with Crippen LogP contribution in [-0.4, -0.2) is 118 Å². The van der Waals surface area contributed by atoms with Gasteiger partial charge < -0.3 is 35.2 Å². The Bertz CT molecular complexity index is 1580. The van der Waals surface area contributed by atoms with Crippen LogP contribution in [0.2, 0.25) is 0 Å². The molecule has 2 aromatic carbocycles. The first kappa shape index (κ1) is 35.0. The smallest absolute Gasteiger partial charge is 0.364 e. The summed E-state index contributed by atoms with van der Waals surface area (Å²) in [7, 11) is -3.79. The number of carbonyl (C=O) groups excluding carboxylic acids is 1. The molecule has 0 saturated carbocycles. The third kappa shape index (κ3) is 8.91. The Balaban J connectivity index is 1.40. The Labute approximate surface area is 264 Å². The van der Waals surface area contributed by atoms with E-state index in [0.717, 1.165) is 22.9 Å². The number of amides is 1. The Morgan fingerprint density at radius 3 is 2.41 bits per heavy atom. The van der Waals surface area contributed by atoms with Crippen molar-refractivity contribution in [2.75, 3.05) is 26.1 Å². The predicted octanol–water partition coefficient (Wildman–Crippen LogP) is -0.325. The van der Waals surface area contributed by atoms with Crippen LogP contribution >= 0.6 is 0 Å². The van der Waals surface area contributed by atoms with Gasteiger partial charge in [0.05, 0.1) is 37.3 Å². The Hall–Kier alpha value is -3.84. The molecule has 0 unspecified atom stereocenters. The number of carboxylic acids is 1. The summed E-state index contributed by atoms with van der Waals surface area (Å²) in [6.45, 7) is -2.18. The van der Waals surface area contributed by atoms with Crippen LogP contribution in [0, 0.1) is 0 Å². The summed E-state index contributed by atoms with van der Waals surface area (Å²) in [6, 6.07) is 16.1. The molecule has 6 atom stereocenters. The average Bonchev–Trinajstić information content (AvgIpc) is 3.51. The molecule has 0 radical (unpaired) electrons. The topological polar surface area (TPSA) is 222 Å². The van der Waals surface area contributed by atoms with Crippen LogP contribution in [-0.2, 0) is 35.6 Å². The minimum Gasteiger partial charge on any atom is -0.477 e. The van der Waals surface area contributed by atoms with E-state index in [-0.39, 0.29) is 19.6 Å². The van der Waals surface area contributed by atoms with Crippen LogP contribution < -0.4 is 10.0 Å². The average molecular weight is 666 g/mol. The molecule has 4 rings (SSSR count). The Kier molecular flexibility index (Phi) is 11.5. The van der Waals surface area contributed by atoms with Crippen LogP contribution in [0.15, 0.2) is 60.8 Å². The van der Waals surface area contributed by atoms with Gasteiger partial charge in [0.25, 0.3) is 11.7 Å². The van der Waals surface area contributed by atoms with Gasteiger partial charge in [0.2, 0.25) is 10.0 Å². The van der Waals surface area contributed by atoms with Gasteiger partial charge >= 0.3 is 5.97 Å². The number of aliphatic hydroxyl groups excluding tert-OH is 3. The number of hydrogen-bond donors (Lipinski definition) is 6. The standard InChI is InChI=1S/C29H36FN5O10S/c1-46(42,43)31-16-23(37)26(39)27-25(32-24(38)15-30)22(36)14-29(45-27,28(40)41)44-13-5-12-35-17-21(33-34-35)20-10-8-19(9-11-20)18-6-3-2-4-7-18/h2-4,6-11,17,22-23,25-27,31,36-37,39H,5,12-16H2,1H3,(H,32,38)(H,40,41)/t22-,23+,25+,26+,27+,29+/m0/s1. The first-order valence-electron chi connectivity index (χ1n) is 14.3. The molecule has 1 saturated heterocycles. The number of aromatic nitrogens is 3. The number of carboxylic acid groups (broad SMARTS) is 1. The maximum Gasteiger partial charge on any atom is 0.364 e. The zero-order valence-corrected chi connectivity index (χ0v) is 25.6. The molecule has 17 heteroatoms.